The lowest BCUT2D eigenvalue weighted by molar-refractivity contribution is 0.176. The van der Waals surface area contributed by atoms with Crippen molar-refractivity contribution in [3.05, 3.63) is 18.0 Å². The highest BCUT2D eigenvalue weighted by Gasteiger charge is 2.41. The normalized spacial score (nSPS) is 23.8. The van der Waals surface area contributed by atoms with Crippen molar-refractivity contribution in [3.63, 3.8) is 0 Å². The Kier molecular flexibility index (Phi) is 7.69. The Labute approximate surface area is 172 Å². The SMILES string of the molecule is CCCCN(C)CCC(CC)c1cnc(N2C3CCC2CN(C(C)C)C3)nc1. The Hall–Kier alpha value is -1.20. The van der Waals surface area contributed by atoms with Crippen molar-refractivity contribution in [2.24, 2.45) is 0 Å². The summed E-state index contributed by atoms with van der Waals surface area (Å²) < 4.78 is 0. The Bertz CT molecular complexity index is 573. The first-order valence-corrected chi connectivity index (χ1v) is 11.6. The van der Waals surface area contributed by atoms with Gasteiger partial charge in [-0.3, -0.25) is 4.90 Å². The number of nitrogens with zero attached hydrogens (tertiary/aromatic N) is 5. The number of fused-ring (bicyclic) bond motifs is 2. The van der Waals surface area contributed by atoms with Gasteiger partial charge in [0.15, 0.2) is 0 Å². The molecule has 0 N–H and O–H groups in total. The third-order valence-corrected chi connectivity index (χ3v) is 6.85. The highest BCUT2D eigenvalue weighted by Crippen LogP contribution is 2.34. The van der Waals surface area contributed by atoms with Crippen LogP contribution in [0.4, 0.5) is 5.95 Å². The molecular formula is C23H41N5. The van der Waals surface area contributed by atoms with Crippen LogP contribution in [-0.4, -0.2) is 71.1 Å². The predicted octanol–water partition coefficient (Wildman–Crippen LogP) is 4.15. The predicted molar refractivity (Wildman–Crippen MR) is 118 cm³/mol. The molecule has 2 aliphatic rings. The number of hydrogen-bond donors (Lipinski definition) is 0. The van der Waals surface area contributed by atoms with E-state index in [0.717, 1.165) is 32.0 Å². The topological polar surface area (TPSA) is 35.5 Å². The molecule has 0 radical (unpaired) electrons. The lowest BCUT2D eigenvalue weighted by Gasteiger charge is -2.42. The number of rotatable bonds is 10. The summed E-state index contributed by atoms with van der Waals surface area (Å²) in [4.78, 5) is 17.3. The van der Waals surface area contributed by atoms with E-state index in [1.54, 1.807) is 0 Å². The van der Waals surface area contributed by atoms with Gasteiger partial charge >= 0.3 is 0 Å². The van der Waals surface area contributed by atoms with Crippen LogP contribution in [0.5, 0.6) is 0 Å². The summed E-state index contributed by atoms with van der Waals surface area (Å²) in [5.41, 5.74) is 1.31. The number of piperazine rings is 1. The average Bonchev–Trinajstić information content (AvgIpc) is 2.96. The zero-order chi connectivity index (χ0) is 20.1. The van der Waals surface area contributed by atoms with Gasteiger partial charge in [0, 0.05) is 43.6 Å². The minimum Gasteiger partial charge on any atom is -0.332 e. The van der Waals surface area contributed by atoms with Gasteiger partial charge in [-0.25, -0.2) is 9.97 Å². The summed E-state index contributed by atoms with van der Waals surface area (Å²) in [5.74, 6) is 1.52. The molecule has 2 fully saturated rings. The molecule has 3 rings (SSSR count). The maximum Gasteiger partial charge on any atom is 0.225 e. The summed E-state index contributed by atoms with van der Waals surface area (Å²) in [6.07, 6.45) is 11.7. The maximum atomic E-state index is 4.84. The van der Waals surface area contributed by atoms with E-state index in [9.17, 15) is 0 Å². The van der Waals surface area contributed by atoms with E-state index in [1.807, 2.05) is 0 Å². The summed E-state index contributed by atoms with van der Waals surface area (Å²) in [6.45, 7) is 13.8. The summed E-state index contributed by atoms with van der Waals surface area (Å²) in [7, 11) is 2.24. The van der Waals surface area contributed by atoms with Crippen LogP contribution in [0, 0.1) is 0 Å². The van der Waals surface area contributed by atoms with Gasteiger partial charge in [-0.1, -0.05) is 20.3 Å². The van der Waals surface area contributed by atoms with E-state index < -0.39 is 0 Å². The van der Waals surface area contributed by atoms with E-state index in [2.05, 4.69) is 61.8 Å². The van der Waals surface area contributed by atoms with Gasteiger partial charge in [-0.15, -0.1) is 0 Å². The van der Waals surface area contributed by atoms with Crippen LogP contribution < -0.4 is 4.90 Å². The van der Waals surface area contributed by atoms with Crippen LogP contribution in [0.3, 0.4) is 0 Å². The molecule has 5 nitrogen and oxygen atoms in total. The number of hydrogen-bond acceptors (Lipinski definition) is 5. The molecular weight excluding hydrogens is 346 g/mol. The van der Waals surface area contributed by atoms with E-state index in [4.69, 9.17) is 9.97 Å². The third kappa shape index (κ3) is 5.04. The summed E-state index contributed by atoms with van der Waals surface area (Å²) in [6, 6.07) is 1.80. The van der Waals surface area contributed by atoms with E-state index in [-0.39, 0.29) is 0 Å². The fraction of sp³-hybridized carbons (Fsp3) is 0.826. The second-order valence-electron chi connectivity index (χ2n) is 9.21. The van der Waals surface area contributed by atoms with Gasteiger partial charge in [-0.05, 0) is 77.6 Å². The first kappa shape index (κ1) is 21.5. The van der Waals surface area contributed by atoms with Crippen molar-refractivity contribution in [3.8, 4) is 0 Å². The van der Waals surface area contributed by atoms with Gasteiger partial charge in [-0.2, -0.15) is 0 Å². The lowest BCUT2D eigenvalue weighted by atomic mass is 9.95. The molecule has 28 heavy (non-hydrogen) atoms. The van der Waals surface area contributed by atoms with Crippen molar-refractivity contribution in [1.29, 1.82) is 0 Å². The van der Waals surface area contributed by atoms with Gasteiger partial charge < -0.3 is 9.80 Å². The van der Waals surface area contributed by atoms with Crippen molar-refractivity contribution < 1.29 is 0 Å². The van der Waals surface area contributed by atoms with E-state index >= 15 is 0 Å². The molecule has 0 spiro atoms. The van der Waals surface area contributed by atoms with Gasteiger partial charge in [0.05, 0.1) is 0 Å². The summed E-state index contributed by atoms with van der Waals surface area (Å²) in [5, 5.41) is 0. The fourth-order valence-electron chi connectivity index (χ4n) is 4.88. The molecule has 2 saturated heterocycles. The number of likely N-dealkylation sites (tertiary alicyclic amines) is 1. The molecule has 3 heterocycles. The molecule has 3 unspecified atom stereocenters. The van der Waals surface area contributed by atoms with Crippen LogP contribution in [0.2, 0.25) is 0 Å². The molecule has 0 saturated carbocycles. The van der Waals surface area contributed by atoms with Crippen LogP contribution in [0.15, 0.2) is 12.4 Å². The first-order chi connectivity index (χ1) is 13.5. The third-order valence-electron chi connectivity index (χ3n) is 6.85. The smallest absolute Gasteiger partial charge is 0.225 e. The standard InChI is InChI=1S/C23H41N5/c1-6-8-12-26(5)13-11-19(7-2)20-14-24-23(25-15-20)28-21-9-10-22(28)17-27(16-21)18(3)4/h14-15,18-19,21-22H,6-13,16-17H2,1-5H3. The molecule has 1 aromatic heterocycles. The van der Waals surface area contributed by atoms with Crippen LogP contribution in [0.1, 0.15) is 77.7 Å². The molecule has 0 amide bonds. The zero-order valence-corrected chi connectivity index (χ0v) is 18.8. The number of unbranched alkanes of at least 4 members (excludes halogenated alkanes) is 1. The fourth-order valence-corrected chi connectivity index (χ4v) is 4.88. The zero-order valence-electron chi connectivity index (χ0n) is 18.8. The monoisotopic (exact) mass is 387 g/mol. The minimum absolute atomic E-state index is 0.563. The lowest BCUT2D eigenvalue weighted by Crippen LogP contribution is -2.56. The number of anilines is 1. The molecule has 1 aromatic rings. The Morgan fingerprint density at radius 3 is 2.25 bits per heavy atom. The highest BCUT2D eigenvalue weighted by atomic mass is 15.4. The number of aromatic nitrogens is 2. The highest BCUT2D eigenvalue weighted by molar-refractivity contribution is 5.38. The van der Waals surface area contributed by atoms with Gasteiger partial charge in [0.2, 0.25) is 5.95 Å². The second kappa shape index (κ2) is 10.0. The molecule has 2 bridgehead atoms. The molecule has 0 aromatic carbocycles. The Balaban J connectivity index is 1.60. The van der Waals surface area contributed by atoms with Crippen molar-refractivity contribution in [2.45, 2.75) is 90.3 Å². The van der Waals surface area contributed by atoms with Crippen LogP contribution >= 0.6 is 0 Å². The average molecular weight is 388 g/mol. The van der Waals surface area contributed by atoms with E-state index in [1.165, 1.54) is 44.2 Å². The van der Waals surface area contributed by atoms with E-state index in [0.29, 0.717) is 24.0 Å². The summed E-state index contributed by atoms with van der Waals surface area (Å²) >= 11 is 0. The molecule has 0 aliphatic carbocycles. The maximum absolute atomic E-state index is 4.84. The van der Waals surface area contributed by atoms with Crippen molar-refractivity contribution in [2.75, 3.05) is 38.1 Å². The minimum atomic E-state index is 0.563. The molecule has 158 valence electrons. The van der Waals surface area contributed by atoms with Crippen molar-refractivity contribution in [1.82, 2.24) is 19.8 Å². The van der Waals surface area contributed by atoms with Gasteiger partial charge in [0.1, 0.15) is 0 Å². The Morgan fingerprint density at radius 2 is 1.71 bits per heavy atom. The molecule has 2 aliphatic heterocycles. The first-order valence-electron chi connectivity index (χ1n) is 11.6. The van der Waals surface area contributed by atoms with Crippen LogP contribution in [-0.2, 0) is 0 Å². The quantitative estimate of drug-likeness (QED) is 0.602. The molecule has 3 atom stereocenters. The second-order valence-corrected chi connectivity index (χ2v) is 9.21. The van der Waals surface area contributed by atoms with Crippen molar-refractivity contribution >= 4 is 5.95 Å². The van der Waals surface area contributed by atoms with Gasteiger partial charge in [0.25, 0.3) is 0 Å². The molecule has 5 heteroatoms. The largest absolute Gasteiger partial charge is 0.332 e. The Morgan fingerprint density at radius 1 is 1.07 bits per heavy atom. The van der Waals surface area contributed by atoms with Crippen LogP contribution in [0.25, 0.3) is 0 Å².